The van der Waals surface area contributed by atoms with E-state index in [-0.39, 0.29) is 5.95 Å². The van der Waals surface area contributed by atoms with Crippen LogP contribution < -0.4 is 5.32 Å². The number of hydrogen-bond acceptors (Lipinski definition) is 4. The molecule has 0 bridgehead atoms. The second kappa shape index (κ2) is 5.31. The molecule has 2 N–H and O–H groups in total. The van der Waals surface area contributed by atoms with Crippen LogP contribution in [0.4, 0.5) is 5.95 Å². The van der Waals surface area contributed by atoms with Crippen LogP contribution in [0.15, 0.2) is 24.3 Å². The monoisotopic (exact) mass is 289 g/mol. The van der Waals surface area contributed by atoms with Gasteiger partial charge in [-0.15, -0.1) is 5.10 Å². The van der Waals surface area contributed by atoms with Crippen molar-refractivity contribution in [1.82, 2.24) is 15.2 Å². The minimum absolute atomic E-state index is 0.105. The van der Waals surface area contributed by atoms with Crippen molar-refractivity contribution in [3.8, 4) is 17.5 Å². The van der Waals surface area contributed by atoms with E-state index in [2.05, 4.69) is 20.5 Å². The number of amides is 1. The summed E-state index contributed by atoms with van der Waals surface area (Å²) in [5.74, 6) is 0.0821. The first kappa shape index (κ1) is 14.0. The minimum atomic E-state index is -1.15. The standard InChI is InChI=1S/C13H12ClN5O/c1-13(2,7-15)11(20)17-12-16-10(18-19-12)8-5-3-4-6-9(8)14/h3-6H,1-2H3,(H2,16,17,18,19,20). The van der Waals surface area contributed by atoms with Gasteiger partial charge in [-0.3, -0.25) is 15.2 Å². The van der Waals surface area contributed by atoms with Crippen LogP contribution in [0.25, 0.3) is 11.4 Å². The Hall–Kier alpha value is -2.39. The van der Waals surface area contributed by atoms with E-state index in [1.54, 1.807) is 18.2 Å². The van der Waals surface area contributed by atoms with Crippen molar-refractivity contribution >= 4 is 23.5 Å². The molecule has 0 atom stereocenters. The van der Waals surface area contributed by atoms with Gasteiger partial charge in [-0.2, -0.15) is 10.2 Å². The molecule has 0 aliphatic carbocycles. The van der Waals surface area contributed by atoms with Crippen molar-refractivity contribution in [1.29, 1.82) is 5.26 Å². The minimum Gasteiger partial charge on any atom is -0.292 e. The first-order valence-corrected chi connectivity index (χ1v) is 6.22. The summed E-state index contributed by atoms with van der Waals surface area (Å²) >= 11 is 6.05. The largest absolute Gasteiger partial charge is 0.292 e. The van der Waals surface area contributed by atoms with Crippen LogP contribution in [0.5, 0.6) is 0 Å². The number of carbonyl (C=O) groups excluding carboxylic acids is 1. The number of benzene rings is 1. The molecule has 0 radical (unpaired) electrons. The van der Waals surface area contributed by atoms with Crippen molar-refractivity contribution in [2.45, 2.75) is 13.8 Å². The van der Waals surface area contributed by atoms with Gasteiger partial charge >= 0.3 is 0 Å². The fraction of sp³-hybridized carbons (Fsp3) is 0.231. The van der Waals surface area contributed by atoms with E-state index in [1.807, 2.05) is 12.1 Å². The van der Waals surface area contributed by atoms with E-state index in [0.717, 1.165) is 0 Å². The van der Waals surface area contributed by atoms with Gasteiger partial charge in [0.1, 0.15) is 5.41 Å². The summed E-state index contributed by atoms with van der Waals surface area (Å²) in [4.78, 5) is 16.0. The van der Waals surface area contributed by atoms with Gasteiger partial charge in [-0.05, 0) is 26.0 Å². The Labute approximate surface area is 120 Å². The van der Waals surface area contributed by atoms with Crippen molar-refractivity contribution in [3.05, 3.63) is 29.3 Å². The second-order valence-corrected chi connectivity index (χ2v) is 5.09. The molecule has 0 aliphatic rings. The summed E-state index contributed by atoms with van der Waals surface area (Å²) in [6, 6.07) is 9.05. The lowest BCUT2D eigenvalue weighted by Gasteiger charge is -2.12. The first-order valence-electron chi connectivity index (χ1n) is 5.84. The molecule has 0 saturated heterocycles. The van der Waals surface area contributed by atoms with Gasteiger partial charge in [-0.1, -0.05) is 23.7 Å². The molecule has 0 spiro atoms. The zero-order valence-corrected chi connectivity index (χ0v) is 11.7. The number of nitriles is 1. The lowest BCUT2D eigenvalue weighted by Crippen LogP contribution is -2.29. The SMILES string of the molecule is CC(C)(C#N)C(=O)Nc1n[nH]c(-c2ccccc2Cl)n1. The maximum Gasteiger partial charge on any atom is 0.249 e. The zero-order chi connectivity index (χ0) is 14.8. The van der Waals surface area contributed by atoms with Crippen LogP contribution in [0.1, 0.15) is 13.8 Å². The summed E-state index contributed by atoms with van der Waals surface area (Å²) < 4.78 is 0. The van der Waals surface area contributed by atoms with Gasteiger partial charge < -0.3 is 0 Å². The number of halogens is 1. The van der Waals surface area contributed by atoms with Gasteiger partial charge in [-0.25, -0.2) is 0 Å². The van der Waals surface area contributed by atoms with Crippen LogP contribution in [0, 0.1) is 16.7 Å². The third-order valence-electron chi connectivity index (χ3n) is 2.69. The smallest absolute Gasteiger partial charge is 0.249 e. The predicted molar refractivity (Wildman–Crippen MR) is 74.9 cm³/mol. The molecule has 0 unspecified atom stereocenters. The van der Waals surface area contributed by atoms with Crippen molar-refractivity contribution in [3.63, 3.8) is 0 Å². The van der Waals surface area contributed by atoms with Crippen molar-refractivity contribution in [2.75, 3.05) is 5.32 Å². The van der Waals surface area contributed by atoms with Gasteiger partial charge in [0.2, 0.25) is 11.9 Å². The molecule has 0 fully saturated rings. The number of carbonyl (C=O) groups is 1. The Morgan fingerprint density at radius 3 is 2.80 bits per heavy atom. The Morgan fingerprint density at radius 1 is 1.45 bits per heavy atom. The summed E-state index contributed by atoms with van der Waals surface area (Å²) in [5.41, 5.74) is -0.465. The molecule has 7 heteroatoms. The molecular weight excluding hydrogens is 278 g/mol. The molecule has 2 aromatic rings. The third kappa shape index (κ3) is 2.78. The Morgan fingerprint density at radius 2 is 2.15 bits per heavy atom. The van der Waals surface area contributed by atoms with Crippen LogP contribution in [0.3, 0.4) is 0 Å². The molecule has 20 heavy (non-hydrogen) atoms. The number of nitrogens with one attached hydrogen (secondary N) is 2. The summed E-state index contributed by atoms with van der Waals surface area (Å²) in [6.07, 6.45) is 0. The lowest BCUT2D eigenvalue weighted by molar-refractivity contribution is -0.121. The lowest BCUT2D eigenvalue weighted by atomic mass is 9.95. The van der Waals surface area contributed by atoms with E-state index in [9.17, 15) is 4.79 Å². The molecule has 1 aromatic heterocycles. The fourth-order valence-electron chi connectivity index (χ4n) is 1.40. The molecule has 1 heterocycles. The molecule has 2 rings (SSSR count). The summed E-state index contributed by atoms with van der Waals surface area (Å²) in [7, 11) is 0. The van der Waals surface area contributed by atoms with E-state index in [0.29, 0.717) is 16.4 Å². The molecule has 102 valence electrons. The number of anilines is 1. The number of hydrogen-bond donors (Lipinski definition) is 2. The van der Waals surface area contributed by atoms with E-state index >= 15 is 0 Å². The maximum atomic E-state index is 11.8. The normalized spacial score (nSPS) is 10.9. The van der Waals surface area contributed by atoms with Gasteiger partial charge in [0.25, 0.3) is 0 Å². The highest BCUT2D eigenvalue weighted by Crippen LogP contribution is 2.25. The van der Waals surface area contributed by atoms with Crippen molar-refractivity contribution < 1.29 is 4.79 Å². The maximum absolute atomic E-state index is 11.8. The van der Waals surface area contributed by atoms with Gasteiger partial charge in [0, 0.05) is 5.56 Å². The number of rotatable bonds is 3. The number of nitrogens with zero attached hydrogens (tertiary/aromatic N) is 3. The Kier molecular flexibility index (Phi) is 3.72. The zero-order valence-electron chi connectivity index (χ0n) is 10.9. The Balaban J connectivity index is 2.21. The average molecular weight is 290 g/mol. The number of aromatic amines is 1. The van der Waals surface area contributed by atoms with Gasteiger partial charge in [0.05, 0.1) is 11.1 Å². The third-order valence-corrected chi connectivity index (χ3v) is 3.02. The summed E-state index contributed by atoms with van der Waals surface area (Å²) in [5, 5.41) is 18.5. The van der Waals surface area contributed by atoms with Crippen LogP contribution in [-0.4, -0.2) is 21.1 Å². The summed E-state index contributed by atoms with van der Waals surface area (Å²) in [6.45, 7) is 3.04. The highest BCUT2D eigenvalue weighted by Gasteiger charge is 2.28. The van der Waals surface area contributed by atoms with Crippen molar-refractivity contribution in [2.24, 2.45) is 5.41 Å². The van der Waals surface area contributed by atoms with E-state index in [4.69, 9.17) is 16.9 Å². The highest BCUT2D eigenvalue weighted by molar-refractivity contribution is 6.33. The first-order chi connectivity index (χ1) is 9.44. The molecule has 0 aliphatic heterocycles. The van der Waals surface area contributed by atoms with E-state index in [1.165, 1.54) is 13.8 Å². The molecule has 0 saturated carbocycles. The van der Waals surface area contributed by atoms with Crippen LogP contribution in [0.2, 0.25) is 5.02 Å². The molecule has 6 nitrogen and oxygen atoms in total. The quantitative estimate of drug-likeness (QED) is 0.908. The topological polar surface area (TPSA) is 94.5 Å². The number of H-pyrrole nitrogens is 1. The van der Waals surface area contributed by atoms with Crippen LogP contribution in [-0.2, 0) is 4.79 Å². The number of aromatic nitrogens is 3. The fourth-order valence-corrected chi connectivity index (χ4v) is 1.63. The molecule has 1 amide bonds. The van der Waals surface area contributed by atoms with Crippen LogP contribution >= 0.6 is 11.6 Å². The Bertz CT molecular complexity index is 686. The van der Waals surface area contributed by atoms with E-state index < -0.39 is 11.3 Å². The predicted octanol–water partition coefficient (Wildman–Crippen LogP) is 2.61. The highest BCUT2D eigenvalue weighted by atomic mass is 35.5. The van der Waals surface area contributed by atoms with Gasteiger partial charge in [0.15, 0.2) is 5.82 Å². The molecule has 1 aromatic carbocycles. The average Bonchev–Trinajstić information content (AvgIpc) is 2.87. The second-order valence-electron chi connectivity index (χ2n) is 4.68. The molecular formula is C13H12ClN5O.